The average molecular weight is 248 g/mol. The second-order valence-electron chi connectivity index (χ2n) is 2.95. The molecule has 0 amide bonds. The van der Waals surface area contributed by atoms with Crippen LogP contribution in [0, 0.1) is 0 Å². The van der Waals surface area contributed by atoms with Gasteiger partial charge in [0, 0.05) is 5.56 Å². The van der Waals surface area contributed by atoms with Crippen molar-refractivity contribution in [2.24, 2.45) is 0 Å². The van der Waals surface area contributed by atoms with Crippen LogP contribution in [-0.2, 0) is 10.1 Å². The van der Waals surface area contributed by atoms with E-state index in [9.17, 15) is 8.42 Å². The monoisotopic (exact) mass is 248 g/mol. The molecule has 2 rings (SSSR count). The number of hydrogen-bond donors (Lipinski definition) is 1. The van der Waals surface area contributed by atoms with Crippen molar-refractivity contribution >= 4 is 61.5 Å². The summed E-state index contributed by atoms with van der Waals surface area (Å²) in [7, 11) is -4.12. The predicted octanol–water partition coefficient (Wildman–Crippen LogP) is 1.39. The fourth-order valence-corrected chi connectivity index (χ4v) is 2.11. The quantitative estimate of drug-likeness (QED) is 0.613. The van der Waals surface area contributed by atoms with Gasteiger partial charge in [0.1, 0.15) is 4.90 Å². The van der Waals surface area contributed by atoms with Gasteiger partial charge in [-0.25, -0.2) is 0 Å². The molecule has 0 fully saturated rings. The van der Waals surface area contributed by atoms with Gasteiger partial charge in [-0.1, -0.05) is 36.4 Å². The molecular formula is C10H9KO3S. The molecule has 1 N–H and O–H groups in total. The van der Waals surface area contributed by atoms with Crippen molar-refractivity contribution in [3.63, 3.8) is 0 Å². The van der Waals surface area contributed by atoms with Crippen molar-refractivity contribution < 1.29 is 13.0 Å². The van der Waals surface area contributed by atoms with Gasteiger partial charge in [0.15, 0.2) is 0 Å². The van der Waals surface area contributed by atoms with Gasteiger partial charge < -0.3 is 0 Å². The van der Waals surface area contributed by atoms with Gasteiger partial charge in [-0.05, 0) is 11.6 Å². The van der Waals surface area contributed by atoms with E-state index in [0.29, 0.717) is 5.56 Å². The molecule has 0 aromatic heterocycles. The Kier molecular flexibility index (Phi) is 4.48. The molecule has 0 spiro atoms. The topological polar surface area (TPSA) is 54.4 Å². The predicted molar refractivity (Wildman–Crippen MR) is 60.0 cm³/mol. The Morgan fingerprint density at radius 3 is 2.27 bits per heavy atom. The summed E-state index contributed by atoms with van der Waals surface area (Å²) in [6, 6.07) is 11.9. The molecule has 0 atom stereocenters. The maximum absolute atomic E-state index is 11.0. The number of hydrogen-bond acceptors (Lipinski definition) is 2. The third-order valence-corrected chi connectivity index (χ3v) is 2.94. The third-order valence-electron chi connectivity index (χ3n) is 2.03. The molecule has 0 unspecified atom stereocenters. The second kappa shape index (κ2) is 5.05. The molecule has 0 saturated heterocycles. The maximum atomic E-state index is 11.0. The van der Waals surface area contributed by atoms with E-state index in [4.69, 9.17) is 4.55 Å². The molecular weight excluding hydrogens is 239 g/mol. The van der Waals surface area contributed by atoms with E-state index in [1.807, 2.05) is 6.07 Å². The minimum atomic E-state index is -4.12. The molecule has 2 aliphatic rings. The van der Waals surface area contributed by atoms with Crippen molar-refractivity contribution in [2.45, 2.75) is 4.90 Å². The summed E-state index contributed by atoms with van der Waals surface area (Å²) in [5.74, 6) is 0. The van der Waals surface area contributed by atoms with Gasteiger partial charge >= 0.3 is 51.4 Å². The van der Waals surface area contributed by atoms with Crippen LogP contribution in [0.5, 0.6) is 0 Å². The van der Waals surface area contributed by atoms with Gasteiger partial charge in [0.2, 0.25) is 0 Å². The first-order valence-corrected chi connectivity index (χ1v) is 5.48. The van der Waals surface area contributed by atoms with Crippen LogP contribution in [0.3, 0.4) is 0 Å². The van der Waals surface area contributed by atoms with E-state index in [-0.39, 0.29) is 56.3 Å². The average Bonchev–Trinajstić information content (AvgIpc) is 2.36. The first kappa shape index (κ1) is 13.3. The zero-order valence-corrected chi connectivity index (χ0v) is 8.03. The number of fused-ring (bicyclic) bond motifs is 1. The molecule has 0 saturated carbocycles. The number of rotatable bonds is 1. The zero-order chi connectivity index (χ0) is 10.2. The molecule has 0 aromatic carbocycles. The fourth-order valence-electron chi connectivity index (χ4n) is 1.41. The van der Waals surface area contributed by atoms with Crippen molar-refractivity contribution in [1.82, 2.24) is 0 Å². The van der Waals surface area contributed by atoms with E-state index in [0.717, 1.165) is 5.56 Å². The molecule has 0 heterocycles. The Hall–Kier alpha value is 0.246. The van der Waals surface area contributed by atoms with Crippen LogP contribution in [0.2, 0.25) is 0 Å². The summed E-state index contributed by atoms with van der Waals surface area (Å²) < 4.78 is 30.9. The van der Waals surface area contributed by atoms with Gasteiger partial charge in [-0.15, -0.1) is 0 Å². The summed E-state index contributed by atoms with van der Waals surface area (Å²) >= 11 is 0. The molecule has 0 bridgehead atoms. The van der Waals surface area contributed by atoms with Crippen LogP contribution in [0.4, 0.5) is 0 Å². The van der Waals surface area contributed by atoms with E-state index in [2.05, 4.69) is 0 Å². The van der Waals surface area contributed by atoms with E-state index in [1.165, 1.54) is 6.07 Å². The van der Waals surface area contributed by atoms with Crippen molar-refractivity contribution in [3.05, 3.63) is 42.5 Å². The van der Waals surface area contributed by atoms with Gasteiger partial charge in [0.05, 0.1) is 0 Å². The Bertz CT molecular complexity index is 536. The summed E-state index contributed by atoms with van der Waals surface area (Å²) in [4.78, 5) is -0.0382. The first-order chi connectivity index (χ1) is 6.59. The molecule has 15 heavy (non-hydrogen) atoms. The van der Waals surface area contributed by atoms with Crippen LogP contribution >= 0.6 is 0 Å². The Morgan fingerprint density at radius 1 is 0.933 bits per heavy atom. The zero-order valence-electron chi connectivity index (χ0n) is 7.21. The Balaban J connectivity index is 0.00000112. The molecule has 0 radical (unpaired) electrons. The van der Waals surface area contributed by atoms with Crippen LogP contribution in [0.15, 0.2) is 47.4 Å². The standard InChI is InChI=1S/C10H8O3S.K.H/c11-14(12,13)10-7-6-8-4-2-1-3-5-9(8)10;;/h1-7H,(H,11,12,13);;. The molecule has 74 valence electrons. The Labute approximate surface area is 131 Å². The van der Waals surface area contributed by atoms with E-state index in [1.54, 1.807) is 30.3 Å². The molecule has 2 aliphatic carbocycles. The molecule has 5 heteroatoms. The van der Waals surface area contributed by atoms with Crippen LogP contribution in [0.1, 0.15) is 0 Å². The molecule has 0 aliphatic heterocycles. The Morgan fingerprint density at radius 2 is 1.60 bits per heavy atom. The minimum absolute atomic E-state index is 0. The summed E-state index contributed by atoms with van der Waals surface area (Å²) in [6.45, 7) is 0. The third kappa shape index (κ3) is 2.88. The summed E-state index contributed by atoms with van der Waals surface area (Å²) in [5.41, 5.74) is 1.33. The molecule has 3 nitrogen and oxygen atoms in total. The molecule has 0 aromatic rings. The van der Waals surface area contributed by atoms with Crippen LogP contribution < -0.4 is 0 Å². The SMILES string of the molecule is O=S(=O)(O)c1ccc2cccccc1-2.[KH]. The fraction of sp³-hybridized carbons (Fsp3) is 0. The van der Waals surface area contributed by atoms with Crippen LogP contribution in [0.25, 0.3) is 11.1 Å². The van der Waals surface area contributed by atoms with Crippen molar-refractivity contribution in [3.8, 4) is 11.1 Å². The van der Waals surface area contributed by atoms with Crippen molar-refractivity contribution in [1.29, 1.82) is 0 Å². The summed E-state index contributed by atoms with van der Waals surface area (Å²) in [6.07, 6.45) is 0. The van der Waals surface area contributed by atoms with Gasteiger partial charge in [0.25, 0.3) is 10.1 Å². The van der Waals surface area contributed by atoms with E-state index >= 15 is 0 Å². The van der Waals surface area contributed by atoms with E-state index < -0.39 is 10.1 Å². The van der Waals surface area contributed by atoms with Gasteiger partial charge in [-0.2, -0.15) is 8.42 Å². The summed E-state index contributed by atoms with van der Waals surface area (Å²) in [5, 5.41) is 0. The second-order valence-corrected chi connectivity index (χ2v) is 4.34. The first-order valence-electron chi connectivity index (χ1n) is 4.04. The normalized spacial score (nSPS) is 11.0. The van der Waals surface area contributed by atoms with Crippen LogP contribution in [-0.4, -0.2) is 64.4 Å². The van der Waals surface area contributed by atoms with Gasteiger partial charge in [-0.3, -0.25) is 4.55 Å². The van der Waals surface area contributed by atoms with Crippen molar-refractivity contribution in [2.75, 3.05) is 0 Å².